The molecule has 0 radical (unpaired) electrons. The maximum absolute atomic E-state index is 13.5. The summed E-state index contributed by atoms with van der Waals surface area (Å²) in [7, 11) is 0. The van der Waals surface area contributed by atoms with Crippen LogP contribution in [0.15, 0.2) is 30.5 Å². The van der Waals surface area contributed by atoms with Crippen molar-refractivity contribution in [3.8, 4) is 11.6 Å². The zero-order valence-corrected chi connectivity index (χ0v) is 10.5. The zero-order chi connectivity index (χ0) is 13.1. The Bertz CT molecular complexity index is 575. The fourth-order valence-electron chi connectivity index (χ4n) is 1.44. The Labute approximate surface area is 109 Å². The summed E-state index contributed by atoms with van der Waals surface area (Å²) in [5.74, 6) is -0.190. The van der Waals surface area contributed by atoms with Crippen molar-refractivity contribution in [3.63, 3.8) is 0 Å². The normalized spacial score (nSPS) is 10.4. The summed E-state index contributed by atoms with van der Waals surface area (Å²) in [4.78, 5) is 4.01. The van der Waals surface area contributed by atoms with Crippen LogP contribution in [0.4, 0.5) is 4.39 Å². The van der Waals surface area contributed by atoms with Gasteiger partial charge in [-0.1, -0.05) is 17.7 Å². The molecule has 0 aliphatic carbocycles. The topological polar surface area (TPSA) is 48.1 Å². The summed E-state index contributed by atoms with van der Waals surface area (Å²) in [5, 5.41) is 0.304. The van der Waals surface area contributed by atoms with Gasteiger partial charge in [0.05, 0.1) is 0 Å². The number of benzene rings is 1. The van der Waals surface area contributed by atoms with Crippen LogP contribution in [0.2, 0.25) is 5.02 Å². The van der Waals surface area contributed by atoms with Gasteiger partial charge in [-0.15, -0.1) is 0 Å². The smallest absolute Gasteiger partial charge is 0.238 e. The number of nitrogens with two attached hydrogens (primary N) is 1. The van der Waals surface area contributed by atoms with Crippen LogP contribution in [0.3, 0.4) is 0 Å². The number of pyridine rings is 1. The van der Waals surface area contributed by atoms with Gasteiger partial charge in [0, 0.05) is 12.7 Å². The predicted octanol–water partition coefficient (Wildman–Crippen LogP) is 3.43. The Morgan fingerprint density at radius 2 is 2.17 bits per heavy atom. The summed E-state index contributed by atoms with van der Waals surface area (Å²) in [6, 6.07) is 6.24. The second-order valence-electron chi connectivity index (χ2n) is 3.87. The van der Waals surface area contributed by atoms with Crippen LogP contribution in [0, 0.1) is 12.7 Å². The maximum atomic E-state index is 13.5. The minimum Gasteiger partial charge on any atom is -0.434 e. The summed E-state index contributed by atoms with van der Waals surface area (Å²) in [5.41, 5.74) is 7.14. The first-order valence-corrected chi connectivity index (χ1v) is 5.76. The summed E-state index contributed by atoms with van der Waals surface area (Å²) in [6.45, 7) is 2.19. The third-order valence-electron chi connectivity index (χ3n) is 2.39. The average molecular weight is 267 g/mol. The zero-order valence-electron chi connectivity index (χ0n) is 9.78. The van der Waals surface area contributed by atoms with E-state index in [4.69, 9.17) is 22.1 Å². The highest BCUT2D eigenvalue weighted by Gasteiger charge is 2.09. The molecule has 1 aromatic heterocycles. The van der Waals surface area contributed by atoms with Crippen molar-refractivity contribution in [3.05, 3.63) is 52.4 Å². The van der Waals surface area contributed by atoms with E-state index in [2.05, 4.69) is 4.98 Å². The van der Waals surface area contributed by atoms with Gasteiger partial charge in [-0.3, -0.25) is 0 Å². The molecule has 5 heteroatoms. The van der Waals surface area contributed by atoms with Crippen molar-refractivity contribution in [1.29, 1.82) is 0 Å². The van der Waals surface area contributed by atoms with Gasteiger partial charge in [0.1, 0.15) is 5.02 Å². The van der Waals surface area contributed by atoms with E-state index in [9.17, 15) is 4.39 Å². The third-order valence-corrected chi connectivity index (χ3v) is 2.66. The van der Waals surface area contributed by atoms with Gasteiger partial charge in [0.15, 0.2) is 11.6 Å². The molecule has 0 atom stereocenters. The predicted molar refractivity (Wildman–Crippen MR) is 68.3 cm³/mol. The van der Waals surface area contributed by atoms with Crippen LogP contribution in [0.25, 0.3) is 0 Å². The van der Waals surface area contributed by atoms with E-state index in [0.717, 1.165) is 11.1 Å². The molecular formula is C13H12ClFN2O. The lowest BCUT2D eigenvalue weighted by Gasteiger charge is -2.08. The Balaban J connectivity index is 2.31. The van der Waals surface area contributed by atoms with E-state index < -0.39 is 5.82 Å². The Morgan fingerprint density at radius 1 is 1.39 bits per heavy atom. The van der Waals surface area contributed by atoms with Crippen molar-refractivity contribution >= 4 is 11.6 Å². The minimum absolute atomic E-state index is 0.102. The minimum atomic E-state index is -0.457. The van der Waals surface area contributed by atoms with Gasteiger partial charge in [0.2, 0.25) is 5.88 Å². The molecule has 18 heavy (non-hydrogen) atoms. The highest BCUT2D eigenvalue weighted by molar-refractivity contribution is 6.31. The van der Waals surface area contributed by atoms with E-state index in [1.54, 1.807) is 24.4 Å². The molecule has 0 bridgehead atoms. The first kappa shape index (κ1) is 12.8. The van der Waals surface area contributed by atoms with Gasteiger partial charge in [0.25, 0.3) is 0 Å². The molecule has 0 fully saturated rings. The number of hydrogen-bond donors (Lipinski definition) is 1. The van der Waals surface area contributed by atoms with E-state index in [1.165, 1.54) is 6.07 Å². The fourth-order valence-corrected chi connectivity index (χ4v) is 1.67. The molecule has 2 N–H and O–H groups in total. The van der Waals surface area contributed by atoms with Crippen LogP contribution >= 0.6 is 11.6 Å². The summed E-state index contributed by atoms with van der Waals surface area (Å²) in [6.07, 6.45) is 1.55. The molecule has 2 aromatic rings. The standard InChI is InChI=1S/C13H12ClFN2O/c1-8-2-3-11(15)12(4-8)18-13-10(14)5-9(6-16)7-17-13/h2-5,7H,6,16H2,1H3. The molecule has 0 aliphatic rings. The number of nitrogens with zero attached hydrogens (tertiary/aromatic N) is 1. The lowest BCUT2D eigenvalue weighted by molar-refractivity contribution is 0.427. The maximum Gasteiger partial charge on any atom is 0.238 e. The summed E-state index contributed by atoms with van der Waals surface area (Å²) >= 11 is 5.98. The monoisotopic (exact) mass is 266 g/mol. The van der Waals surface area contributed by atoms with Crippen molar-refractivity contribution in [1.82, 2.24) is 4.98 Å². The number of hydrogen-bond acceptors (Lipinski definition) is 3. The third kappa shape index (κ3) is 2.78. The first-order chi connectivity index (χ1) is 8.60. The number of ether oxygens (including phenoxy) is 1. The molecule has 2 rings (SSSR count). The second-order valence-corrected chi connectivity index (χ2v) is 4.28. The first-order valence-electron chi connectivity index (χ1n) is 5.38. The van der Waals surface area contributed by atoms with Crippen LogP contribution in [-0.4, -0.2) is 4.98 Å². The van der Waals surface area contributed by atoms with Gasteiger partial charge in [-0.2, -0.15) is 0 Å². The molecule has 94 valence electrons. The van der Waals surface area contributed by atoms with Gasteiger partial charge >= 0.3 is 0 Å². The van der Waals surface area contributed by atoms with E-state index in [1.807, 2.05) is 6.92 Å². The Kier molecular flexibility index (Phi) is 3.79. The van der Waals surface area contributed by atoms with Gasteiger partial charge in [-0.25, -0.2) is 9.37 Å². The number of rotatable bonds is 3. The molecule has 0 aliphatic heterocycles. The molecule has 0 saturated heterocycles. The second kappa shape index (κ2) is 5.33. The van der Waals surface area contributed by atoms with Crippen molar-refractivity contribution in [2.75, 3.05) is 0 Å². The van der Waals surface area contributed by atoms with E-state index in [0.29, 0.717) is 11.6 Å². The largest absolute Gasteiger partial charge is 0.434 e. The lowest BCUT2D eigenvalue weighted by Crippen LogP contribution is -1.98. The highest BCUT2D eigenvalue weighted by atomic mass is 35.5. The number of aromatic nitrogens is 1. The van der Waals surface area contributed by atoms with Gasteiger partial charge in [-0.05, 0) is 36.2 Å². The number of aryl methyl sites for hydroxylation is 1. The van der Waals surface area contributed by atoms with Crippen LogP contribution in [0.5, 0.6) is 11.6 Å². The Hall–Kier alpha value is -1.65. The summed E-state index contributed by atoms with van der Waals surface area (Å²) < 4.78 is 18.9. The molecule has 1 aromatic carbocycles. The van der Waals surface area contributed by atoms with Crippen LogP contribution in [0.1, 0.15) is 11.1 Å². The highest BCUT2D eigenvalue weighted by Crippen LogP contribution is 2.29. The van der Waals surface area contributed by atoms with Crippen LogP contribution in [-0.2, 0) is 6.54 Å². The number of halogens is 2. The lowest BCUT2D eigenvalue weighted by atomic mass is 10.2. The Morgan fingerprint density at radius 3 is 2.83 bits per heavy atom. The van der Waals surface area contributed by atoms with E-state index in [-0.39, 0.29) is 11.6 Å². The SMILES string of the molecule is Cc1ccc(F)c(Oc2ncc(CN)cc2Cl)c1. The molecule has 0 unspecified atom stereocenters. The van der Waals surface area contributed by atoms with E-state index >= 15 is 0 Å². The molecule has 3 nitrogen and oxygen atoms in total. The molecule has 0 spiro atoms. The van der Waals surface area contributed by atoms with Crippen molar-refractivity contribution < 1.29 is 9.13 Å². The van der Waals surface area contributed by atoms with Crippen molar-refractivity contribution in [2.45, 2.75) is 13.5 Å². The average Bonchev–Trinajstić information content (AvgIpc) is 2.36. The molecule has 1 heterocycles. The molecule has 0 amide bonds. The van der Waals surface area contributed by atoms with Crippen molar-refractivity contribution in [2.24, 2.45) is 5.73 Å². The molecule has 0 saturated carbocycles. The van der Waals surface area contributed by atoms with Crippen LogP contribution < -0.4 is 10.5 Å². The van der Waals surface area contributed by atoms with Gasteiger partial charge < -0.3 is 10.5 Å². The molecular weight excluding hydrogens is 255 g/mol. The quantitative estimate of drug-likeness (QED) is 0.926. The fraction of sp³-hybridized carbons (Fsp3) is 0.154.